The highest BCUT2D eigenvalue weighted by molar-refractivity contribution is 6.01. The van der Waals surface area contributed by atoms with Gasteiger partial charge in [-0.1, -0.05) is 26.0 Å². The Morgan fingerprint density at radius 3 is 2.75 bits per heavy atom. The van der Waals surface area contributed by atoms with Crippen LogP contribution in [0.1, 0.15) is 26.7 Å². The number of hydrogen-bond donors (Lipinski definition) is 3. The topological polar surface area (TPSA) is 73.5 Å². The van der Waals surface area contributed by atoms with Crippen molar-refractivity contribution in [1.29, 1.82) is 0 Å². The number of benzene rings is 1. The Morgan fingerprint density at radius 2 is 2.08 bits per heavy atom. The average molecular weight is 334 g/mol. The van der Waals surface area contributed by atoms with Crippen LogP contribution in [0.2, 0.25) is 0 Å². The van der Waals surface area contributed by atoms with Crippen molar-refractivity contribution in [3.05, 3.63) is 30.1 Å². The van der Waals surface area contributed by atoms with Gasteiger partial charge in [-0.2, -0.15) is 0 Å². The van der Waals surface area contributed by atoms with E-state index in [1.54, 1.807) is 18.2 Å². The van der Waals surface area contributed by atoms with Crippen molar-refractivity contribution >= 4 is 17.5 Å². The van der Waals surface area contributed by atoms with Gasteiger partial charge in [-0.25, -0.2) is 9.82 Å². The number of hydrazine groups is 1. The normalized spacial score (nSPS) is 27.1. The van der Waals surface area contributed by atoms with Gasteiger partial charge in [0.1, 0.15) is 17.9 Å². The van der Waals surface area contributed by atoms with Gasteiger partial charge in [-0.3, -0.25) is 15.0 Å². The van der Waals surface area contributed by atoms with E-state index in [2.05, 4.69) is 30.0 Å². The smallest absolute Gasteiger partial charge is 0.249 e. The molecule has 2 aliphatic rings. The fourth-order valence-electron chi connectivity index (χ4n) is 3.19. The summed E-state index contributed by atoms with van der Waals surface area (Å²) in [5.74, 6) is -0.474. The van der Waals surface area contributed by atoms with E-state index < -0.39 is 11.9 Å². The van der Waals surface area contributed by atoms with Crippen molar-refractivity contribution in [3.63, 3.8) is 0 Å². The highest BCUT2D eigenvalue weighted by Crippen LogP contribution is 2.24. The number of rotatable bonds is 4. The lowest BCUT2D eigenvalue weighted by Crippen LogP contribution is -2.49. The number of nitrogens with zero attached hydrogens (tertiary/aromatic N) is 1. The number of amides is 2. The maximum atomic E-state index is 13.9. The Hall–Kier alpha value is -1.99. The fourth-order valence-corrected chi connectivity index (χ4v) is 3.19. The zero-order chi connectivity index (χ0) is 17.3. The largest absolute Gasteiger partial charge is 0.343 e. The molecular weight excluding hydrogens is 311 g/mol. The quantitative estimate of drug-likeness (QED) is 0.766. The first-order valence-electron chi connectivity index (χ1n) is 8.34. The lowest BCUT2D eigenvalue weighted by molar-refractivity contribution is -0.127. The standard InChI is InChI=1S/C17H23FN4O2/c1-10(2)13-9-14(21-20-13)16(23)19-12-7-8-22(17(12)24)15-6-4-3-5-11(15)18/h3-6,10,12-14,20-21H,7-9H2,1-2H3,(H,19,23). The van der Waals surface area contributed by atoms with Crippen molar-refractivity contribution in [3.8, 4) is 0 Å². The van der Waals surface area contributed by atoms with Gasteiger partial charge in [0, 0.05) is 12.6 Å². The predicted octanol–water partition coefficient (Wildman–Crippen LogP) is 0.938. The summed E-state index contributed by atoms with van der Waals surface area (Å²) in [7, 11) is 0. The van der Waals surface area contributed by atoms with Crippen molar-refractivity contribution in [2.45, 2.75) is 44.8 Å². The van der Waals surface area contributed by atoms with Gasteiger partial charge in [-0.05, 0) is 30.9 Å². The van der Waals surface area contributed by atoms with E-state index in [0.717, 1.165) is 0 Å². The van der Waals surface area contributed by atoms with E-state index >= 15 is 0 Å². The molecular formula is C17H23FN4O2. The summed E-state index contributed by atoms with van der Waals surface area (Å²) < 4.78 is 13.9. The Labute approximate surface area is 140 Å². The third-order valence-electron chi connectivity index (χ3n) is 4.72. The first kappa shape index (κ1) is 16.9. The highest BCUT2D eigenvalue weighted by atomic mass is 19.1. The van der Waals surface area contributed by atoms with Crippen molar-refractivity contribution in [1.82, 2.24) is 16.2 Å². The minimum absolute atomic E-state index is 0.195. The molecule has 0 saturated carbocycles. The summed E-state index contributed by atoms with van der Waals surface area (Å²) in [5, 5.41) is 2.79. The van der Waals surface area contributed by atoms with Gasteiger partial charge in [0.2, 0.25) is 11.8 Å². The molecule has 6 nitrogen and oxygen atoms in total. The molecule has 24 heavy (non-hydrogen) atoms. The molecule has 2 heterocycles. The van der Waals surface area contributed by atoms with E-state index in [0.29, 0.717) is 25.3 Å². The molecule has 0 aromatic heterocycles. The molecule has 2 saturated heterocycles. The first-order chi connectivity index (χ1) is 11.5. The Kier molecular flexibility index (Phi) is 4.82. The Balaban J connectivity index is 1.60. The minimum Gasteiger partial charge on any atom is -0.343 e. The van der Waals surface area contributed by atoms with Crippen LogP contribution < -0.4 is 21.1 Å². The number of hydrogen-bond acceptors (Lipinski definition) is 4. The molecule has 2 aliphatic heterocycles. The third-order valence-corrected chi connectivity index (χ3v) is 4.72. The van der Waals surface area contributed by atoms with Gasteiger partial charge in [0.25, 0.3) is 0 Å². The van der Waals surface area contributed by atoms with Crippen LogP contribution in [0.15, 0.2) is 24.3 Å². The molecule has 1 aromatic carbocycles. The van der Waals surface area contributed by atoms with Crippen molar-refractivity contribution in [2.24, 2.45) is 5.92 Å². The molecule has 7 heteroatoms. The summed E-state index contributed by atoms with van der Waals surface area (Å²) in [5.41, 5.74) is 6.35. The summed E-state index contributed by atoms with van der Waals surface area (Å²) in [4.78, 5) is 26.3. The van der Waals surface area contributed by atoms with Crippen LogP contribution >= 0.6 is 0 Å². The zero-order valence-electron chi connectivity index (χ0n) is 13.9. The van der Waals surface area contributed by atoms with E-state index in [-0.39, 0.29) is 29.6 Å². The molecule has 1 aromatic rings. The second-order valence-corrected chi connectivity index (χ2v) is 6.72. The maximum absolute atomic E-state index is 13.9. The number of para-hydroxylation sites is 1. The monoisotopic (exact) mass is 334 g/mol. The molecule has 0 radical (unpaired) electrons. The molecule has 2 fully saturated rings. The number of halogens is 1. The summed E-state index contributed by atoms with van der Waals surface area (Å²) in [6.07, 6.45) is 1.16. The second-order valence-electron chi connectivity index (χ2n) is 6.72. The van der Waals surface area contributed by atoms with Crippen LogP contribution in [-0.4, -0.2) is 36.5 Å². The van der Waals surface area contributed by atoms with Crippen LogP contribution in [0, 0.1) is 11.7 Å². The van der Waals surface area contributed by atoms with Crippen LogP contribution in [-0.2, 0) is 9.59 Å². The molecule has 2 amide bonds. The summed E-state index contributed by atoms with van der Waals surface area (Å²) in [6.45, 7) is 4.58. The van der Waals surface area contributed by atoms with Gasteiger partial charge in [0.15, 0.2) is 0 Å². The zero-order valence-corrected chi connectivity index (χ0v) is 13.9. The Morgan fingerprint density at radius 1 is 1.33 bits per heavy atom. The van der Waals surface area contributed by atoms with Crippen molar-refractivity contribution in [2.75, 3.05) is 11.4 Å². The average Bonchev–Trinajstić information content (AvgIpc) is 3.17. The maximum Gasteiger partial charge on any atom is 0.249 e. The lowest BCUT2D eigenvalue weighted by Gasteiger charge is -2.19. The van der Waals surface area contributed by atoms with Crippen LogP contribution in [0.5, 0.6) is 0 Å². The van der Waals surface area contributed by atoms with Gasteiger partial charge < -0.3 is 10.2 Å². The lowest BCUT2D eigenvalue weighted by atomic mass is 9.99. The van der Waals surface area contributed by atoms with E-state index in [9.17, 15) is 14.0 Å². The van der Waals surface area contributed by atoms with Crippen LogP contribution in [0.4, 0.5) is 10.1 Å². The van der Waals surface area contributed by atoms with E-state index in [1.165, 1.54) is 11.0 Å². The number of carbonyl (C=O) groups is 2. The summed E-state index contributed by atoms with van der Waals surface area (Å²) in [6, 6.07) is 5.46. The number of anilines is 1. The Bertz CT molecular complexity index is 637. The molecule has 3 unspecified atom stereocenters. The second kappa shape index (κ2) is 6.86. The molecule has 0 bridgehead atoms. The molecule has 3 N–H and O–H groups in total. The van der Waals surface area contributed by atoms with Crippen LogP contribution in [0.25, 0.3) is 0 Å². The molecule has 3 rings (SSSR count). The van der Waals surface area contributed by atoms with E-state index in [4.69, 9.17) is 0 Å². The predicted molar refractivity (Wildman–Crippen MR) is 88.6 cm³/mol. The van der Waals surface area contributed by atoms with Crippen LogP contribution in [0.3, 0.4) is 0 Å². The summed E-state index contributed by atoms with van der Waals surface area (Å²) >= 11 is 0. The minimum atomic E-state index is -0.600. The molecule has 3 atom stereocenters. The molecule has 0 aliphatic carbocycles. The third kappa shape index (κ3) is 3.27. The number of nitrogens with one attached hydrogen (secondary N) is 3. The van der Waals surface area contributed by atoms with Gasteiger partial charge in [-0.15, -0.1) is 0 Å². The fraction of sp³-hybridized carbons (Fsp3) is 0.529. The first-order valence-corrected chi connectivity index (χ1v) is 8.34. The van der Waals surface area contributed by atoms with Gasteiger partial charge >= 0.3 is 0 Å². The SMILES string of the molecule is CC(C)C1CC(C(=O)NC2CCN(c3ccccc3F)C2=O)NN1. The van der Waals surface area contributed by atoms with Gasteiger partial charge in [0.05, 0.1) is 5.69 Å². The molecule has 130 valence electrons. The van der Waals surface area contributed by atoms with Crippen molar-refractivity contribution < 1.29 is 14.0 Å². The van der Waals surface area contributed by atoms with E-state index in [1.807, 2.05) is 0 Å². The molecule has 0 spiro atoms. The number of carbonyl (C=O) groups excluding carboxylic acids is 2. The highest BCUT2D eigenvalue weighted by Gasteiger charge is 2.37.